The molecule has 2 aliphatic heterocycles. The zero-order valence-corrected chi connectivity index (χ0v) is 19.9. The second-order valence-electron chi connectivity index (χ2n) is 9.34. The lowest BCUT2D eigenvalue weighted by Gasteiger charge is -2.39. The van der Waals surface area contributed by atoms with Crippen LogP contribution in [-0.4, -0.2) is 76.1 Å². The molecule has 2 aliphatic rings. The fourth-order valence-corrected chi connectivity index (χ4v) is 5.18. The summed E-state index contributed by atoms with van der Waals surface area (Å²) in [5.74, 6) is 1.99. The van der Waals surface area contributed by atoms with Crippen molar-refractivity contribution in [1.29, 1.82) is 0 Å². The fourth-order valence-electron chi connectivity index (χ4n) is 5.18. The van der Waals surface area contributed by atoms with Crippen LogP contribution in [0.3, 0.4) is 0 Å². The molecular formula is C25H40N6. The molecule has 1 N–H and O–H groups in total. The van der Waals surface area contributed by atoms with Gasteiger partial charge in [0.2, 0.25) is 0 Å². The van der Waals surface area contributed by atoms with E-state index in [9.17, 15) is 0 Å². The molecule has 0 aliphatic carbocycles. The van der Waals surface area contributed by atoms with Crippen LogP contribution in [0, 0.1) is 0 Å². The molecule has 0 saturated carbocycles. The Morgan fingerprint density at radius 3 is 2.45 bits per heavy atom. The van der Waals surface area contributed by atoms with Crippen LogP contribution in [-0.2, 0) is 12.8 Å². The molecule has 6 heteroatoms. The molecule has 0 unspecified atom stereocenters. The van der Waals surface area contributed by atoms with Crippen LogP contribution < -0.4 is 4.90 Å². The highest BCUT2D eigenvalue weighted by Crippen LogP contribution is 2.24. The lowest BCUT2D eigenvalue weighted by atomic mass is 10.0. The van der Waals surface area contributed by atoms with E-state index in [2.05, 4.69) is 65.6 Å². The quantitative estimate of drug-likeness (QED) is 0.760. The average molecular weight is 425 g/mol. The van der Waals surface area contributed by atoms with Gasteiger partial charge in [-0.2, -0.15) is 0 Å². The monoisotopic (exact) mass is 424 g/mol. The number of nitrogens with one attached hydrogen (secondary N) is 1. The minimum Gasteiger partial charge on any atom is -0.355 e. The molecule has 0 aromatic carbocycles. The number of hydrogen-bond acceptors (Lipinski definition) is 5. The largest absolute Gasteiger partial charge is 0.355 e. The number of pyridine rings is 1. The van der Waals surface area contributed by atoms with Gasteiger partial charge in [-0.3, -0.25) is 4.90 Å². The standard InChI is InChI=1S/C25H40N6/c1-5-21-22(6-2)28-25(27-21)23-9-7-10-24(26-23)31-14-8-13-30(17-18-31)20-11-15-29(16-12-20)19(3)4/h7,9-10,19-20H,5-6,8,11-18H2,1-4H3,(H,27,28). The maximum atomic E-state index is 5.01. The number of likely N-dealkylation sites (tertiary alicyclic amines) is 1. The first-order valence-electron chi connectivity index (χ1n) is 12.4. The van der Waals surface area contributed by atoms with Gasteiger partial charge >= 0.3 is 0 Å². The second-order valence-corrected chi connectivity index (χ2v) is 9.34. The zero-order valence-electron chi connectivity index (χ0n) is 19.9. The number of rotatable bonds is 6. The average Bonchev–Trinajstić information content (AvgIpc) is 3.07. The molecule has 6 nitrogen and oxygen atoms in total. The predicted octanol–water partition coefficient (Wildman–Crippen LogP) is 3.98. The number of hydrogen-bond donors (Lipinski definition) is 1. The van der Waals surface area contributed by atoms with Crippen LogP contribution in [0.2, 0.25) is 0 Å². The minimum atomic E-state index is 0.676. The van der Waals surface area contributed by atoms with Crippen molar-refractivity contribution in [3.8, 4) is 11.5 Å². The number of anilines is 1. The van der Waals surface area contributed by atoms with Gasteiger partial charge in [-0.05, 0) is 71.2 Å². The van der Waals surface area contributed by atoms with Gasteiger partial charge in [0.15, 0.2) is 5.82 Å². The summed E-state index contributed by atoms with van der Waals surface area (Å²) in [7, 11) is 0. The molecule has 170 valence electrons. The molecule has 0 bridgehead atoms. The third-order valence-electron chi connectivity index (χ3n) is 7.13. The van der Waals surface area contributed by atoms with Gasteiger partial charge in [0.05, 0.1) is 5.69 Å². The number of aromatic nitrogens is 3. The van der Waals surface area contributed by atoms with Crippen molar-refractivity contribution >= 4 is 5.82 Å². The Bertz CT molecular complexity index is 815. The minimum absolute atomic E-state index is 0.676. The van der Waals surface area contributed by atoms with Crippen molar-refractivity contribution in [1.82, 2.24) is 24.8 Å². The first-order chi connectivity index (χ1) is 15.1. The zero-order chi connectivity index (χ0) is 21.8. The summed E-state index contributed by atoms with van der Waals surface area (Å²) < 4.78 is 0. The van der Waals surface area contributed by atoms with E-state index in [1.54, 1.807) is 0 Å². The molecule has 0 radical (unpaired) electrons. The second kappa shape index (κ2) is 10.1. The van der Waals surface area contributed by atoms with E-state index in [0.717, 1.165) is 55.9 Å². The fraction of sp³-hybridized carbons (Fsp3) is 0.680. The third kappa shape index (κ3) is 5.12. The predicted molar refractivity (Wildman–Crippen MR) is 129 cm³/mol. The lowest BCUT2D eigenvalue weighted by Crippen LogP contribution is -2.47. The molecule has 4 rings (SSSR count). The normalized spacial score (nSPS) is 19.8. The maximum Gasteiger partial charge on any atom is 0.156 e. The molecular weight excluding hydrogens is 384 g/mol. The Morgan fingerprint density at radius 2 is 1.77 bits per heavy atom. The molecule has 0 spiro atoms. The van der Waals surface area contributed by atoms with Gasteiger partial charge in [-0.1, -0.05) is 19.9 Å². The van der Waals surface area contributed by atoms with Crippen molar-refractivity contribution in [3.63, 3.8) is 0 Å². The van der Waals surface area contributed by atoms with Crippen molar-refractivity contribution in [2.24, 2.45) is 0 Å². The number of nitrogens with zero attached hydrogens (tertiary/aromatic N) is 5. The van der Waals surface area contributed by atoms with Crippen LogP contribution in [0.25, 0.3) is 11.5 Å². The van der Waals surface area contributed by atoms with E-state index in [0.29, 0.717) is 6.04 Å². The Hall–Kier alpha value is -1.92. The highest BCUT2D eigenvalue weighted by molar-refractivity contribution is 5.55. The number of imidazole rings is 1. The maximum absolute atomic E-state index is 5.01. The summed E-state index contributed by atoms with van der Waals surface area (Å²) in [6, 6.07) is 7.78. The molecule has 0 atom stereocenters. The van der Waals surface area contributed by atoms with Crippen LogP contribution in [0.4, 0.5) is 5.82 Å². The van der Waals surface area contributed by atoms with Crippen LogP contribution in [0.15, 0.2) is 18.2 Å². The van der Waals surface area contributed by atoms with Gasteiger partial charge in [0.1, 0.15) is 11.5 Å². The topological polar surface area (TPSA) is 51.3 Å². The Morgan fingerprint density at radius 1 is 0.968 bits per heavy atom. The van der Waals surface area contributed by atoms with E-state index in [-0.39, 0.29) is 0 Å². The molecule has 4 heterocycles. The van der Waals surface area contributed by atoms with E-state index < -0.39 is 0 Å². The summed E-state index contributed by atoms with van der Waals surface area (Å²) in [6.45, 7) is 16.0. The number of aromatic amines is 1. The van der Waals surface area contributed by atoms with E-state index in [4.69, 9.17) is 9.97 Å². The summed E-state index contributed by atoms with van der Waals surface area (Å²) in [5.41, 5.74) is 3.35. The summed E-state index contributed by atoms with van der Waals surface area (Å²) >= 11 is 0. The van der Waals surface area contributed by atoms with E-state index in [1.165, 1.54) is 50.3 Å². The van der Waals surface area contributed by atoms with Gasteiger partial charge in [0.25, 0.3) is 0 Å². The van der Waals surface area contributed by atoms with Crippen molar-refractivity contribution in [2.45, 2.75) is 71.9 Å². The van der Waals surface area contributed by atoms with Crippen LogP contribution in [0.1, 0.15) is 58.3 Å². The molecule has 0 amide bonds. The number of H-pyrrole nitrogens is 1. The molecule has 2 fully saturated rings. The summed E-state index contributed by atoms with van der Waals surface area (Å²) in [4.78, 5) is 21.2. The highest BCUT2D eigenvalue weighted by atomic mass is 15.3. The van der Waals surface area contributed by atoms with E-state index >= 15 is 0 Å². The Labute approximate surface area is 188 Å². The van der Waals surface area contributed by atoms with Gasteiger partial charge in [0, 0.05) is 44.0 Å². The first kappa shape index (κ1) is 22.3. The van der Waals surface area contributed by atoms with Crippen molar-refractivity contribution in [2.75, 3.05) is 44.2 Å². The number of aryl methyl sites for hydroxylation is 2. The molecule has 2 saturated heterocycles. The molecule has 2 aromatic heterocycles. The van der Waals surface area contributed by atoms with Crippen LogP contribution >= 0.6 is 0 Å². The van der Waals surface area contributed by atoms with Crippen molar-refractivity contribution in [3.05, 3.63) is 29.6 Å². The SMILES string of the molecule is CCc1nc(-c2cccc(N3CCCN(C4CCN(C(C)C)CC4)CC3)n2)[nH]c1CC. The smallest absolute Gasteiger partial charge is 0.156 e. The van der Waals surface area contributed by atoms with Gasteiger partial charge < -0.3 is 14.8 Å². The molecule has 31 heavy (non-hydrogen) atoms. The Balaban J connectivity index is 1.41. The van der Waals surface area contributed by atoms with Crippen molar-refractivity contribution < 1.29 is 0 Å². The summed E-state index contributed by atoms with van der Waals surface area (Å²) in [6.07, 6.45) is 5.76. The van der Waals surface area contributed by atoms with E-state index in [1.807, 2.05) is 0 Å². The van der Waals surface area contributed by atoms with Gasteiger partial charge in [-0.25, -0.2) is 9.97 Å². The number of piperidine rings is 1. The third-order valence-corrected chi connectivity index (χ3v) is 7.13. The Kier molecular flexibility index (Phi) is 7.28. The summed E-state index contributed by atoms with van der Waals surface area (Å²) in [5, 5.41) is 0. The van der Waals surface area contributed by atoms with Gasteiger partial charge in [-0.15, -0.1) is 0 Å². The molecule has 2 aromatic rings. The highest BCUT2D eigenvalue weighted by Gasteiger charge is 2.27. The lowest BCUT2D eigenvalue weighted by molar-refractivity contribution is 0.0965. The first-order valence-corrected chi connectivity index (χ1v) is 12.4. The van der Waals surface area contributed by atoms with Crippen LogP contribution in [0.5, 0.6) is 0 Å².